The number of nitrogens with two attached hydrogens (primary N) is 2. The van der Waals surface area contributed by atoms with Crippen molar-refractivity contribution in [2.75, 3.05) is 59.1 Å². The number of hydrogen-bond acceptors (Lipinski definition) is 24. The Balaban J connectivity index is -0.000000429. The molecule has 676 valence electrons. The lowest BCUT2D eigenvalue weighted by atomic mass is 9.99. The summed E-state index contributed by atoms with van der Waals surface area (Å²) in [7, 11) is -3.07. The van der Waals surface area contributed by atoms with Crippen LogP contribution < -0.4 is 11.5 Å². The van der Waals surface area contributed by atoms with Crippen LogP contribution in [-0.2, 0) is 101 Å². The smallest absolute Gasteiger partial charge is 0.333 e. The minimum atomic E-state index is -1.12. The van der Waals surface area contributed by atoms with Gasteiger partial charge in [0.25, 0.3) is 0 Å². The van der Waals surface area contributed by atoms with Crippen LogP contribution in [0.3, 0.4) is 0 Å². The lowest BCUT2D eigenvalue weighted by Crippen LogP contribution is -2.38. The first-order chi connectivity index (χ1) is 53.8. The summed E-state index contributed by atoms with van der Waals surface area (Å²) >= 11 is 5.32. The molecule has 0 amide bonds. The quantitative estimate of drug-likeness (QED) is 0.00614. The minimum Gasteiger partial charge on any atom is -0.479 e. The molecule has 0 aliphatic carbocycles. The number of nitro groups is 2. The number of carboxylic acid groups (broad SMARTS) is 1. The van der Waals surface area contributed by atoms with Crippen LogP contribution in [0.1, 0.15) is 79.2 Å². The van der Waals surface area contributed by atoms with Crippen LogP contribution in [0.4, 0.5) is 17.1 Å². The summed E-state index contributed by atoms with van der Waals surface area (Å²) in [4.78, 5) is 54.6. The van der Waals surface area contributed by atoms with Crippen LogP contribution in [0.25, 0.3) is 0 Å². The zero-order valence-corrected chi connectivity index (χ0v) is 78.2. The molecule has 0 spiro atoms. The molecule has 7 rings (SSSR count). The number of rotatable bonds is 42. The lowest BCUT2D eigenvalue weighted by Gasteiger charge is -2.20. The van der Waals surface area contributed by atoms with Crippen molar-refractivity contribution >= 4 is 86.6 Å². The Kier molecular flexibility index (Phi) is 66.4. The summed E-state index contributed by atoms with van der Waals surface area (Å²) in [6.07, 6.45) is 13.6. The van der Waals surface area contributed by atoms with Gasteiger partial charge in [-0.25, -0.2) is 23.5 Å². The van der Waals surface area contributed by atoms with E-state index in [0.717, 1.165) is 87.2 Å². The molecule has 5 heterocycles. The molecular formula is C80H151ClN14O18Si5. The number of benzene rings is 2. The first kappa shape index (κ1) is 119. The van der Waals surface area contributed by atoms with Gasteiger partial charge >= 0.3 is 17.3 Å². The number of nitrogens with one attached hydrogen (secondary N) is 1. The molecule has 0 saturated carbocycles. The topological polar surface area (TPSA) is 435 Å². The van der Waals surface area contributed by atoms with E-state index < -0.39 is 80.5 Å². The number of ether oxygens (including phenoxy) is 7. The molecule has 2 aromatic carbocycles. The molecule has 7 aromatic rings. The van der Waals surface area contributed by atoms with E-state index in [1.165, 1.54) is 35.4 Å². The van der Waals surface area contributed by atoms with Gasteiger partial charge in [-0.15, -0.1) is 0 Å². The van der Waals surface area contributed by atoms with E-state index in [4.69, 9.17) is 71.5 Å². The number of carbonyl (C=O) groups is 3. The highest BCUT2D eigenvalue weighted by atomic mass is 35.5. The zero-order chi connectivity index (χ0) is 88.0. The highest BCUT2D eigenvalue weighted by molar-refractivity contribution is 6.77. The number of nitrogens with zero attached hydrogens (tertiary/aromatic N) is 11. The van der Waals surface area contributed by atoms with Crippen molar-refractivity contribution in [2.45, 2.75) is 263 Å². The molecule has 32 nitrogen and oxygen atoms in total. The van der Waals surface area contributed by atoms with Crippen LogP contribution in [0.2, 0.25) is 128 Å². The monoisotopic (exact) mass is 1770 g/mol. The number of aromatic nitrogens is 10. The Morgan fingerprint density at radius 3 is 1.10 bits per heavy atom. The molecule has 0 fully saturated rings. The number of alkyl halides is 1. The van der Waals surface area contributed by atoms with Crippen LogP contribution in [0.15, 0.2) is 123 Å². The Hall–Kier alpha value is -7.17. The molecule has 0 bridgehead atoms. The van der Waals surface area contributed by atoms with Gasteiger partial charge in [-0.05, 0) is 71.2 Å². The first-order valence-corrected chi connectivity index (χ1v) is 57.3. The Morgan fingerprint density at radius 1 is 0.483 bits per heavy atom. The maximum atomic E-state index is 12.8. The van der Waals surface area contributed by atoms with Gasteiger partial charge in [0, 0.05) is 119 Å². The summed E-state index contributed by atoms with van der Waals surface area (Å²) in [5, 5.41) is 74.7. The van der Waals surface area contributed by atoms with Gasteiger partial charge in [0.1, 0.15) is 63.8 Å². The minimum absolute atomic E-state index is 0. The molecule has 0 aliphatic heterocycles. The fourth-order valence-electron chi connectivity index (χ4n) is 8.65. The first-order valence-electron chi connectivity index (χ1n) is 38.2. The van der Waals surface area contributed by atoms with Crippen molar-refractivity contribution < 1.29 is 77.8 Å². The summed E-state index contributed by atoms with van der Waals surface area (Å²) in [6, 6.07) is 25.0. The molecule has 118 heavy (non-hydrogen) atoms. The molecule has 0 radical (unpaired) electrons. The number of hydrogen-bond donors (Lipinski definition) is 7. The highest BCUT2D eigenvalue weighted by Crippen LogP contribution is 2.18. The average molecular weight is 1770 g/mol. The Bertz CT molecular complexity index is 3640. The lowest BCUT2D eigenvalue weighted by molar-refractivity contribution is -0.385. The SMILES string of the molecule is C.C.C.CC(C)C(OCc1ccccc1)C(=O)Cc1cnn(COCC[Si](C)(C)C)c1.CC(C)C(OCc1ccccc1)C(=O)O.CO.CO.C[C@H](N)C(O)C(=O)Cc1cnn(COCC[Si](C)(C)C)c1.C[Si](C)(C)CCOCCl.C[Si](C)(C)CCOCn1cc(N)cn1.C[Si](C)(C)CCOCn1cc([N+](=O)[O-])cn1.O=[N+]([O-])c1cn[nH]c1. The molecule has 3 unspecified atom stereocenters. The summed E-state index contributed by atoms with van der Waals surface area (Å²) in [6.45, 7) is 50.2. The van der Waals surface area contributed by atoms with Crippen LogP contribution in [0, 0.1) is 32.1 Å². The Labute approximate surface area is 714 Å². The second kappa shape index (κ2) is 65.6. The normalized spacial score (nSPS) is 12.0. The van der Waals surface area contributed by atoms with E-state index >= 15 is 0 Å². The number of halogens is 1. The zero-order valence-electron chi connectivity index (χ0n) is 72.4. The number of aliphatic hydroxyl groups excluding tert-OH is 3. The van der Waals surface area contributed by atoms with Crippen LogP contribution in [-0.4, -0.2) is 215 Å². The number of carbonyl (C=O) groups excluding carboxylic acids is 2. The maximum absolute atomic E-state index is 12.8. The number of H-pyrrole nitrogens is 1. The number of carboxylic acids is 1. The third-order valence-electron chi connectivity index (χ3n) is 15.4. The summed E-state index contributed by atoms with van der Waals surface area (Å²) in [5.74, 6) is -1.00. The Morgan fingerprint density at radius 2 is 0.814 bits per heavy atom. The van der Waals surface area contributed by atoms with E-state index in [0.29, 0.717) is 58.2 Å². The number of aliphatic hydroxyl groups is 3. The van der Waals surface area contributed by atoms with Gasteiger partial charge in [-0.3, -0.25) is 34.9 Å². The van der Waals surface area contributed by atoms with Crippen molar-refractivity contribution in [3.05, 3.63) is 165 Å². The highest BCUT2D eigenvalue weighted by Gasteiger charge is 2.26. The number of aliphatic carboxylic acids is 1. The molecule has 4 atom stereocenters. The maximum Gasteiger partial charge on any atom is 0.333 e. The number of anilines is 1. The molecule has 0 aliphatic rings. The second-order valence-corrected chi connectivity index (χ2v) is 61.7. The van der Waals surface area contributed by atoms with E-state index in [9.17, 15) is 39.7 Å². The van der Waals surface area contributed by atoms with Crippen molar-refractivity contribution in [2.24, 2.45) is 17.6 Å². The average Bonchev–Trinajstić information content (AvgIpc) is 1.69. The van der Waals surface area contributed by atoms with Gasteiger partial charge < -0.3 is 65.1 Å². The summed E-state index contributed by atoms with van der Waals surface area (Å²) < 4.78 is 45.0. The third-order valence-corrected chi connectivity index (χ3v) is 24.1. The predicted molar refractivity (Wildman–Crippen MR) is 487 cm³/mol. The van der Waals surface area contributed by atoms with Gasteiger partial charge in [-0.1, -0.05) is 220 Å². The molecular weight excluding hydrogens is 1620 g/mol. The van der Waals surface area contributed by atoms with E-state index in [1.54, 1.807) is 52.0 Å². The number of Topliss-reactive ketones (excluding diaryl/α,β-unsaturated/α-hetero) is 2. The number of ketones is 2. The van der Waals surface area contributed by atoms with E-state index in [2.05, 4.69) is 129 Å². The van der Waals surface area contributed by atoms with Crippen molar-refractivity contribution in [3.63, 3.8) is 0 Å². The third kappa shape index (κ3) is 64.7. The molecule has 38 heteroatoms. The summed E-state index contributed by atoms with van der Waals surface area (Å²) in [5.41, 5.74) is 15.4. The molecule has 5 aromatic heterocycles. The standard InChI is InChI=1S/C22H34N2O3Si.C14H27N3O3Si.C12H16O3.C9H17N3O3Si.C9H19N3OSi.C6H15ClOSi.C3H3N3O2.2CH4O.3CH4/c1-18(2)22(27-16-19-9-7-6-8-10-19)21(25)13-20-14-23-24(15-20)17-26-11-12-28(3,4)5;1-11(15)14(19)13(18)7-12-8-16-17(9-12)10-20-5-6-21(2,3)4;1-9(2)11(12(13)14)15-8-10-6-4-3-5-7-10;1-16(2,3)5-4-15-8-11-7-9(6-10-11)12(13)14;1-14(2,3)5-4-13-8-12-7-9(10)6-11-12;1-9(2,3)5-4-8-6-7;7-6(8)3-1-4-5-2-3;2*1-2;;;/h6-10,14-15,18,22H,11-13,16-17H2,1-5H3;8-9,11,14,19H,5-7,10,15H2,1-4H3;3-7,9,11H,8H2,1-2H3,(H,13,14);6-7H,4-5,8H2,1-3H3;6-7H,4-5,8,10H2,1-3H3;4-6H2,1-3H3;1-2H,(H,4,5);2*2H,1H3;3*1H4/t;11-,14?;;;;;;;;;;/m.0........../s1. The van der Waals surface area contributed by atoms with Crippen molar-refractivity contribution in [1.82, 2.24) is 49.3 Å². The van der Waals surface area contributed by atoms with Crippen LogP contribution >= 0.6 is 11.6 Å². The van der Waals surface area contributed by atoms with E-state index in [-0.39, 0.29) is 70.2 Å². The van der Waals surface area contributed by atoms with Crippen LogP contribution in [0.5, 0.6) is 0 Å². The van der Waals surface area contributed by atoms with Crippen molar-refractivity contribution in [3.8, 4) is 0 Å². The van der Waals surface area contributed by atoms with Gasteiger partial charge in [-0.2, -0.15) is 25.5 Å². The number of aromatic amines is 1. The predicted octanol–water partition coefficient (Wildman–Crippen LogP) is 15.7. The molecule has 9 N–H and O–H groups in total. The van der Waals surface area contributed by atoms with E-state index in [1.807, 2.05) is 94.6 Å². The van der Waals surface area contributed by atoms with Gasteiger partial charge in [0.2, 0.25) is 0 Å². The van der Waals surface area contributed by atoms with Gasteiger partial charge in [0.15, 0.2) is 17.7 Å². The number of nitrogen functional groups attached to an aromatic ring is 1. The largest absolute Gasteiger partial charge is 0.479 e. The second-order valence-electron chi connectivity index (χ2n) is 33.4. The van der Waals surface area contributed by atoms with Crippen molar-refractivity contribution in [1.29, 1.82) is 0 Å². The molecule has 0 saturated heterocycles. The van der Waals surface area contributed by atoms with Gasteiger partial charge in [0.05, 0.1) is 59.7 Å². The fraction of sp³-hybridized carbons (Fsp3) is 0.625. The fourth-order valence-corrected chi connectivity index (χ4v) is 12.5.